The Morgan fingerprint density at radius 2 is 1.86 bits per heavy atom. The summed E-state index contributed by atoms with van der Waals surface area (Å²) in [4.78, 5) is 27.8. The number of alkyl halides is 2. The van der Waals surface area contributed by atoms with Gasteiger partial charge in [-0.25, -0.2) is 14.5 Å². The minimum absolute atomic E-state index is 0.0426. The van der Waals surface area contributed by atoms with E-state index in [0.717, 1.165) is 0 Å². The first-order valence-corrected chi connectivity index (χ1v) is 7.99. The van der Waals surface area contributed by atoms with Gasteiger partial charge in [0.25, 0.3) is 5.91 Å². The second-order valence-corrected chi connectivity index (χ2v) is 5.39. The fraction of sp³-hybridized carbons (Fsp3) is 0.111. The van der Waals surface area contributed by atoms with Crippen LogP contribution in [-0.4, -0.2) is 39.9 Å². The number of nitrogens with one attached hydrogen (secondary N) is 1. The Morgan fingerprint density at radius 1 is 1.11 bits per heavy atom. The molecule has 8 nitrogen and oxygen atoms in total. The van der Waals surface area contributed by atoms with E-state index in [9.17, 15) is 18.4 Å². The maximum absolute atomic E-state index is 12.4. The molecule has 0 saturated carbocycles. The molecule has 1 aromatic heterocycles. The zero-order valence-electron chi connectivity index (χ0n) is 14.3. The molecule has 0 bridgehead atoms. The molecule has 1 heterocycles. The van der Waals surface area contributed by atoms with Crippen LogP contribution in [-0.2, 0) is 9.53 Å². The number of carbonyl (C=O) groups is 2. The summed E-state index contributed by atoms with van der Waals surface area (Å²) in [5.74, 6) is -1.60. The molecule has 0 aliphatic carbocycles. The molecule has 0 radical (unpaired) electrons. The number of aromatic nitrogens is 3. The van der Waals surface area contributed by atoms with Crippen LogP contribution in [0.1, 0.15) is 10.4 Å². The number of anilines is 1. The molecular formula is C18H14F2N4O4. The minimum atomic E-state index is -3.03. The molecule has 1 N–H and O–H groups in total. The van der Waals surface area contributed by atoms with Crippen LogP contribution in [0.4, 0.5) is 14.5 Å². The van der Waals surface area contributed by atoms with Crippen molar-refractivity contribution in [3.8, 4) is 11.4 Å². The highest BCUT2D eigenvalue weighted by Gasteiger charge is 2.14. The zero-order chi connectivity index (χ0) is 19.9. The van der Waals surface area contributed by atoms with Crippen molar-refractivity contribution in [2.24, 2.45) is 0 Å². The fourth-order valence-corrected chi connectivity index (χ4v) is 2.26. The normalized spacial score (nSPS) is 10.5. The van der Waals surface area contributed by atoms with E-state index in [1.807, 2.05) is 0 Å². The zero-order valence-corrected chi connectivity index (χ0v) is 14.3. The lowest BCUT2D eigenvalue weighted by Gasteiger charge is -2.11. The first-order chi connectivity index (χ1) is 13.5. The van der Waals surface area contributed by atoms with Gasteiger partial charge in [-0.2, -0.15) is 13.9 Å². The molecule has 28 heavy (non-hydrogen) atoms. The molecule has 2 aromatic carbocycles. The summed E-state index contributed by atoms with van der Waals surface area (Å²) in [7, 11) is 0. The predicted octanol–water partition coefficient (Wildman–Crippen LogP) is 2.66. The van der Waals surface area contributed by atoms with Crippen molar-refractivity contribution in [3.05, 3.63) is 66.7 Å². The van der Waals surface area contributed by atoms with E-state index in [0.29, 0.717) is 5.69 Å². The minimum Gasteiger partial charge on any atom is -0.452 e. The molecule has 0 unspecified atom stereocenters. The second-order valence-electron chi connectivity index (χ2n) is 5.39. The van der Waals surface area contributed by atoms with Crippen molar-refractivity contribution in [2.75, 3.05) is 11.9 Å². The molecule has 0 atom stereocenters. The molecule has 3 rings (SSSR count). The lowest BCUT2D eigenvalue weighted by atomic mass is 10.2. The van der Waals surface area contributed by atoms with Gasteiger partial charge in [0.1, 0.15) is 18.4 Å². The molecular weight excluding hydrogens is 374 g/mol. The standard InChI is InChI=1S/C18H14F2N4O4/c19-18(20)28-15-4-2-1-3-14(15)23-16(25)9-27-17(26)12-5-7-13(8-6-12)24-11-21-10-22-24/h1-8,10-11,18H,9H2,(H,23,25). The summed E-state index contributed by atoms with van der Waals surface area (Å²) >= 11 is 0. The van der Waals surface area contributed by atoms with Gasteiger partial charge in [-0.3, -0.25) is 4.79 Å². The number of amides is 1. The Kier molecular flexibility index (Phi) is 5.90. The van der Waals surface area contributed by atoms with Gasteiger partial charge in [-0.05, 0) is 36.4 Å². The third-order valence-electron chi connectivity index (χ3n) is 3.50. The molecule has 0 aliphatic rings. The average molecular weight is 388 g/mol. The Bertz CT molecular complexity index is 946. The SMILES string of the molecule is O=C(COC(=O)c1ccc(-n2cncn2)cc1)Nc1ccccc1OC(F)F. The lowest BCUT2D eigenvalue weighted by Crippen LogP contribution is -2.21. The number of nitrogens with zero attached hydrogens (tertiary/aromatic N) is 3. The smallest absolute Gasteiger partial charge is 0.387 e. The number of hydrogen-bond donors (Lipinski definition) is 1. The second kappa shape index (κ2) is 8.71. The van der Waals surface area contributed by atoms with E-state index in [1.54, 1.807) is 12.1 Å². The number of carbonyl (C=O) groups excluding carboxylic acids is 2. The van der Waals surface area contributed by atoms with Gasteiger partial charge in [-0.1, -0.05) is 12.1 Å². The number of hydrogen-bond acceptors (Lipinski definition) is 6. The largest absolute Gasteiger partial charge is 0.452 e. The van der Waals surface area contributed by atoms with Crippen molar-refractivity contribution >= 4 is 17.6 Å². The van der Waals surface area contributed by atoms with E-state index >= 15 is 0 Å². The Morgan fingerprint density at radius 3 is 2.54 bits per heavy atom. The predicted molar refractivity (Wildman–Crippen MR) is 93.3 cm³/mol. The first kappa shape index (κ1) is 19.0. The summed E-state index contributed by atoms with van der Waals surface area (Å²) in [6.07, 6.45) is 2.89. The van der Waals surface area contributed by atoms with Crippen molar-refractivity contribution in [1.29, 1.82) is 0 Å². The van der Waals surface area contributed by atoms with Crippen molar-refractivity contribution < 1.29 is 27.8 Å². The molecule has 3 aromatic rings. The number of rotatable bonds is 7. The van der Waals surface area contributed by atoms with Crippen LogP contribution in [0.5, 0.6) is 5.75 Å². The van der Waals surface area contributed by atoms with Crippen LogP contribution in [0.3, 0.4) is 0 Å². The highest BCUT2D eigenvalue weighted by molar-refractivity contribution is 5.96. The number of halogens is 2. The van der Waals surface area contributed by atoms with Gasteiger partial charge in [0.2, 0.25) is 0 Å². The van der Waals surface area contributed by atoms with E-state index in [4.69, 9.17) is 4.74 Å². The molecule has 0 saturated heterocycles. The fourth-order valence-electron chi connectivity index (χ4n) is 2.26. The van der Waals surface area contributed by atoms with Crippen LogP contribution in [0, 0.1) is 0 Å². The van der Waals surface area contributed by atoms with Crippen LogP contribution >= 0.6 is 0 Å². The molecule has 144 valence electrons. The van der Waals surface area contributed by atoms with Gasteiger partial charge >= 0.3 is 12.6 Å². The lowest BCUT2D eigenvalue weighted by molar-refractivity contribution is -0.119. The van der Waals surface area contributed by atoms with Crippen LogP contribution in [0.15, 0.2) is 61.2 Å². The van der Waals surface area contributed by atoms with Crippen LogP contribution < -0.4 is 10.1 Å². The quantitative estimate of drug-likeness (QED) is 0.626. The van der Waals surface area contributed by atoms with E-state index in [-0.39, 0.29) is 17.0 Å². The third kappa shape index (κ3) is 4.87. The molecule has 0 spiro atoms. The Labute approximate surface area is 157 Å². The highest BCUT2D eigenvalue weighted by Crippen LogP contribution is 2.25. The van der Waals surface area contributed by atoms with Crippen LogP contribution in [0.2, 0.25) is 0 Å². The van der Waals surface area contributed by atoms with Gasteiger partial charge in [0, 0.05) is 0 Å². The summed E-state index contributed by atoms with van der Waals surface area (Å²) in [5.41, 5.74) is 0.974. The van der Waals surface area contributed by atoms with Crippen molar-refractivity contribution in [2.45, 2.75) is 6.61 Å². The van der Waals surface area contributed by atoms with Gasteiger partial charge < -0.3 is 14.8 Å². The van der Waals surface area contributed by atoms with E-state index < -0.39 is 25.1 Å². The number of para-hydroxylation sites is 2. The number of esters is 1. The van der Waals surface area contributed by atoms with Gasteiger partial charge in [0.15, 0.2) is 6.61 Å². The molecule has 10 heteroatoms. The Balaban J connectivity index is 1.55. The maximum Gasteiger partial charge on any atom is 0.387 e. The first-order valence-electron chi connectivity index (χ1n) is 7.99. The highest BCUT2D eigenvalue weighted by atomic mass is 19.3. The summed E-state index contributed by atoms with van der Waals surface area (Å²) in [6, 6.07) is 12.0. The monoisotopic (exact) mass is 388 g/mol. The summed E-state index contributed by atoms with van der Waals surface area (Å²) in [6.45, 7) is -3.62. The van der Waals surface area contributed by atoms with Crippen molar-refractivity contribution in [1.82, 2.24) is 14.8 Å². The molecule has 0 fully saturated rings. The van der Waals surface area contributed by atoms with Crippen molar-refractivity contribution in [3.63, 3.8) is 0 Å². The average Bonchev–Trinajstić information content (AvgIpc) is 3.22. The third-order valence-corrected chi connectivity index (χ3v) is 3.50. The topological polar surface area (TPSA) is 95.3 Å². The summed E-state index contributed by atoms with van der Waals surface area (Å²) in [5, 5.41) is 6.32. The van der Waals surface area contributed by atoms with Gasteiger partial charge in [0.05, 0.1) is 16.9 Å². The molecule has 0 aliphatic heterocycles. The van der Waals surface area contributed by atoms with E-state index in [1.165, 1.54) is 53.7 Å². The Hall–Kier alpha value is -3.82. The summed E-state index contributed by atoms with van der Waals surface area (Å²) < 4.78 is 35.5. The molecule has 1 amide bonds. The van der Waals surface area contributed by atoms with Crippen LogP contribution in [0.25, 0.3) is 5.69 Å². The maximum atomic E-state index is 12.4. The van der Waals surface area contributed by atoms with E-state index in [2.05, 4.69) is 20.1 Å². The number of ether oxygens (including phenoxy) is 2. The number of benzene rings is 2. The van der Waals surface area contributed by atoms with Gasteiger partial charge in [-0.15, -0.1) is 0 Å².